The minimum atomic E-state index is -4.72. The molecule has 2 aromatic heterocycles. The minimum absolute atomic E-state index is 0.00603. The number of rotatable bonds is 4. The minimum Gasteiger partial charge on any atom is -0.329 e. The lowest BCUT2D eigenvalue weighted by molar-refractivity contribution is -0.159. The van der Waals surface area contributed by atoms with Crippen LogP contribution in [-0.4, -0.2) is 34.0 Å². The second-order valence-corrected chi connectivity index (χ2v) is 8.20. The number of aromatic nitrogens is 2. The molecule has 3 aromatic rings. The molecule has 0 atom stereocenters. The van der Waals surface area contributed by atoms with Crippen molar-refractivity contribution in [3.8, 4) is 10.7 Å². The SMILES string of the molecule is O=C(CN1CCc2sc(-c3noc(C(F)(F)F)n3)cc2C1)Nc1ccc(C(F)(F)F)cc1. The monoisotopic (exact) mass is 476 g/mol. The first-order chi connectivity index (χ1) is 15.0. The summed E-state index contributed by atoms with van der Waals surface area (Å²) in [6, 6.07) is 5.81. The van der Waals surface area contributed by atoms with Crippen molar-refractivity contribution >= 4 is 22.9 Å². The van der Waals surface area contributed by atoms with Crippen molar-refractivity contribution in [1.82, 2.24) is 15.0 Å². The molecule has 0 saturated heterocycles. The van der Waals surface area contributed by atoms with Crippen LogP contribution < -0.4 is 5.32 Å². The topological polar surface area (TPSA) is 71.3 Å². The Morgan fingerprint density at radius 2 is 1.84 bits per heavy atom. The molecular formula is C19H14F6N4O2S. The number of benzene rings is 1. The van der Waals surface area contributed by atoms with Crippen molar-refractivity contribution < 1.29 is 35.7 Å². The van der Waals surface area contributed by atoms with Crippen LogP contribution in [0.2, 0.25) is 0 Å². The highest BCUT2D eigenvalue weighted by molar-refractivity contribution is 7.15. The van der Waals surface area contributed by atoms with Gasteiger partial charge in [0.2, 0.25) is 11.7 Å². The van der Waals surface area contributed by atoms with Gasteiger partial charge in [-0.1, -0.05) is 5.16 Å². The molecule has 0 unspecified atom stereocenters. The van der Waals surface area contributed by atoms with Crippen LogP contribution in [0.25, 0.3) is 10.7 Å². The molecule has 6 nitrogen and oxygen atoms in total. The van der Waals surface area contributed by atoms with E-state index in [1.54, 1.807) is 6.07 Å². The van der Waals surface area contributed by atoms with Crippen LogP contribution in [0.15, 0.2) is 34.9 Å². The summed E-state index contributed by atoms with van der Waals surface area (Å²) in [4.78, 5) is 18.9. The quantitative estimate of drug-likeness (QED) is 0.546. The van der Waals surface area contributed by atoms with Crippen LogP contribution in [0, 0.1) is 0 Å². The summed E-state index contributed by atoms with van der Waals surface area (Å²) in [5.74, 6) is -1.96. The van der Waals surface area contributed by atoms with Gasteiger partial charge < -0.3 is 9.84 Å². The highest BCUT2D eigenvalue weighted by Crippen LogP contribution is 2.35. The van der Waals surface area contributed by atoms with Gasteiger partial charge in [0, 0.05) is 23.7 Å². The van der Waals surface area contributed by atoms with E-state index < -0.39 is 29.7 Å². The number of alkyl halides is 6. The number of nitrogens with one attached hydrogen (secondary N) is 1. The second-order valence-electron chi connectivity index (χ2n) is 7.06. The van der Waals surface area contributed by atoms with Crippen molar-refractivity contribution in [3.05, 3.63) is 52.2 Å². The molecule has 13 heteroatoms. The third kappa shape index (κ3) is 4.93. The molecule has 0 radical (unpaired) electrons. The van der Waals surface area contributed by atoms with Crippen molar-refractivity contribution in [3.63, 3.8) is 0 Å². The van der Waals surface area contributed by atoms with Crippen molar-refractivity contribution in [2.45, 2.75) is 25.3 Å². The summed E-state index contributed by atoms with van der Waals surface area (Å²) in [7, 11) is 0. The van der Waals surface area contributed by atoms with E-state index in [4.69, 9.17) is 0 Å². The van der Waals surface area contributed by atoms with Gasteiger partial charge in [-0.15, -0.1) is 11.3 Å². The van der Waals surface area contributed by atoms with Gasteiger partial charge in [-0.2, -0.15) is 31.3 Å². The number of nitrogens with zero attached hydrogens (tertiary/aromatic N) is 3. The van der Waals surface area contributed by atoms with Gasteiger partial charge in [0.25, 0.3) is 0 Å². The maximum atomic E-state index is 12.7. The third-order valence-electron chi connectivity index (χ3n) is 4.70. The highest BCUT2D eigenvalue weighted by atomic mass is 32.1. The number of halogens is 6. The van der Waals surface area contributed by atoms with E-state index >= 15 is 0 Å². The van der Waals surface area contributed by atoms with Gasteiger partial charge in [-0.05, 0) is 42.3 Å². The van der Waals surface area contributed by atoms with E-state index in [0.29, 0.717) is 24.4 Å². The third-order valence-corrected chi connectivity index (χ3v) is 5.93. The molecule has 3 heterocycles. The molecule has 0 bridgehead atoms. The molecule has 1 aliphatic rings. The Labute approximate surface area is 180 Å². The van der Waals surface area contributed by atoms with E-state index in [9.17, 15) is 31.1 Å². The van der Waals surface area contributed by atoms with Crippen LogP contribution in [0.1, 0.15) is 21.9 Å². The molecule has 1 aromatic carbocycles. The number of amides is 1. The molecule has 1 amide bonds. The lowest BCUT2D eigenvalue weighted by atomic mass is 10.1. The summed E-state index contributed by atoms with van der Waals surface area (Å²) in [6.07, 6.45) is -8.60. The Bertz CT molecular complexity index is 1120. The largest absolute Gasteiger partial charge is 0.471 e. The molecular weight excluding hydrogens is 462 g/mol. The van der Waals surface area contributed by atoms with Crippen LogP contribution >= 0.6 is 11.3 Å². The number of carbonyl (C=O) groups excluding carboxylic acids is 1. The van der Waals surface area contributed by atoms with Gasteiger partial charge in [-0.25, -0.2) is 0 Å². The van der Waals surface area contributed by atoms with Crippen LogP contribution in [0.5, 0.6) is 0 Å². The van der Waals surface area contributed by atoms with E-state index in [1.807, 2.05) is 4.90 Å². The first kappa shape index (κ1) is 22.3. The number of thiophene rings is 1. The summed E-state index contributed by atoms with van der Waals surface area (Å²) in [5, 5.41) is 5.94. The zero-order valence-electron chi connectivity index (χ0n) is 16.0. The summed E-state index contributed by atoms with van der Waals surface area (Å²) in [5.41, 5.74) is 0.282. The van der Waals surface area contributed by atoms with Gasteiger partial charge >= 0.3 is 18.2 Å². The van der Waals surface area contributed by atoms with Crippen molar-refractivity contribution in [2.75, 3.05) is 18.4 Å². The molecule has 0 aliphatic carbocycles. The Morgan fingerprint density at radius 3 is 2.47 bits per heavy atom. The van der Waals surface area contributed by atoms with Crippen LogP contribution in [-0.2, 0) is 30.1 Å². The Balaban J connectivity index is 1.37. The number of hydrogen-bond acceptors (Lipinski definition) is 6. The summed E-state index contributed by atoms with van der Waals surface area (Å²) < 4.78 is 80.1. The Kier molecular flexibility index (Phi) is 5.71. The first-order valence-electron chi connectivity index (χ1n) is 9.21. The lowest BCUT2D eigenvalue weighted by Crippen LogP contribution is -2.36. The Hall–Kier alpha value is -2.93. The second kappa shape index (κ2) is 8.20. The lowest BCUT2D eigenvalue weighted by Gasteiger charge is -2.26. The average Bonchev–Trinajstić information content (AvgIpc) is 3.34. The van der Waals surface area contributed by atoms with Crippen molar-refractivity contribution in [1.29, 1.82) is 0 Å². The van der Waals surface area contributed by atoms with Crippen LogP contribution in [0.4, 0.5) is 32.0 Å². The van der Waals surface area contributed by atoms with Gasteiger partial charge in [0.15, 0.2) is 0 Å². The average molecular weight is 476 g/mol. The van der Waals surface area contributed by atoms with E-state index in [0.717, 1.165) is 22.6 Å². The molecule has 170 valence electrons. The number of hydrogen-bond donors (Lipinski definition) is 1. The molecule has 1 aliphatic heterocycles. The first-order valence-corrected chi connectivity index (χ1v) is 10.0. The maximum Gasteiger partial charge on any atom is 0.471 e. The predicted molar refractivity (Wildman–Crippen MR) is 102 cm³/mol. The maximum absolute atomic E-state index is 12.7. The fourth-order valence-electron chi connectivity index (χ4n) is 3.22. The zero-order valence-corrected chi connectivity index (χ0v) is 16.9. The molecule has 0 saturated carbocycles. The number of fused-ring (bicyclic) bond motifs is 1. The smallest absolute Gasteiger partial charge is 0.329 e. The van der Waals surface area contributed by atoms with E-state index in [-0.39, 0.29) is 18.1 Å². The van der Waals surface area contributed by atoms with E-state index in [2.05, 4.69) is 20.0 Å². The Morgan fingerprint density at radius 1 is 1.12 bits per heavy atom. The molecule has 4 rings (SSSR count). The molecule has 0 fully saturated rings. The summed E-state index contributed by atoms with van der Waals surface area (Å²) >= 11 is 1.27. The van der Waals surface area contributed by atoms with Gasteiger partial charge in [0.1, 0.15) is 0 Å². The zero-order chi connectivity index (χ0) is 23.1. The summed E-state index contributed by atoms with van der Waals surface area (Å²) in [6.45, 7) is 0.926. The van der Waals surface area contributed by atoms with Crippen molar-refractivity contribution in [2.24, 2.45) is 0 Å². The molecule has 0 spiro atoms. The fraction of sp³-hybridized carbons (Fsp3) is 0.316. The van der Waals surface area contributed by atoms with Crippen LogP contribution in [0.3, 0.4) is 0 Å². The van der Waals surface area contributed by atoms with Gasteiger partial charge in [-0.3, -0.25) is 9.69 Å². The highest BCUT2D eigenvalue weighted by Gasteiger charge is 2.39. The number of carbonyl (C=O) groups is 1. The molecule has 1 N–H and O–H groups in total. The van der Waals surface area contributed by atoms with E-state index in [1.165, 1.54) is 23.5 Å². The van der Waals surface area contributed by atoms with Gasteiger partial charge in [0.05, 0.1) is 17.0 Å². The standard InChI is InChI=1S/C19H14F6N4O2S/c20-18(21,22)11-1-3-12(4-2-11)26-15(30)9-29-6-5-13-10(8-29)7-14(32-13)16-27-17(31-28-16)19(23,24)25/h1-4,7H,5-6,8-9H2,(H,26,30). The number of anilines is 1. The predicted octanol–water partition coefficient (Wildman–Crippen LogP) is 4.83. The molecule has 32 heavy (non-hydrogen) atoms. The fourth-order valence-corrected chi connectivity index (χ4v) is 4.31. The normalized spacial score (nSPS) is 14.9.